The highest BCUT2D eigenvalue weighted by molar-refractivity contribution is 6.33. The molecule has 0 radical (unpaired) electrons. The van der Waals surface area contributed by atoms with Crippen LogP contribution in [-0.2, 0) is 10.2 Å². The second-order valence-corrected chi connectivity index (χ2v) is 8.39. The van der Waals surface area contributed by atoms with Crippen molar-refractivity contribution in [1.29, 1.82) is 0 Å². The molecule has 0 saturated heterocycles. The highest BCUT2D eigenvalue weighted by Gasteiger charge is 2.44. The third kappa shape index (κ3) is 3.66. The summed E-state index contributed by atoms with van der Waals surface area (Å²) < 4.78 is 35.6. The monoisotopic (exact) mass is 456 g/mol. The van der Waals surface area contributed by atoms with Crippen molar-refractivity contribution >= 4 is 23.3 Å². The van der Waals surface area contributed by atoms with Crippen molar-refractivity contribution in [2.45, 2.75) is 37.4 Å². The van der Waals surface area contributed by atoms with E-state index < -0.39 is 11.7 Å². The van der Waals surface area contributed by atoms with E-state index in [4.69, 9.17) is 11.6 Å². The number of nitrogens with zero attached hydrogens (tertiary/aromatic N) is 1. The first kappa shape index (κ1) is 20.7. The van der Waals surface area contributed by atoms with Gasteiger partial charge in [0.1, 0.15) is 5.82 Å². The number of hydrogen-bond acceptors (Lipinski definition) is 4. The van der Waals surface area contributed by atoms with Crippen molar-refractivity contribution in [3.8, 4) is 22.6 Å². The van der Waals surface area contributed by atoms with Crippen LogP contribution < -0.4 is 14.8 Å². The Morgan fingerprint density at radius 2 is 1.69 bits per heavy atom. The summed E-state index contributed by atoms with van der Waals surface area (Å²) in [4.78, 5) is 17.6. The number of ether oxygens (including phenoxy) is 2. The number of halogens is 3. The minimum atomic E-state index is -3.72. The molecule has 8 heteroatoms. The van der Waals surface area contributed by atoms with Crippen LogP contribution >= 0.6 is 11.6 Å². The van der Waals surface area contributed by atoms with E-state index in [0.717, 1.165) is 31.2 Å². The van der Waals surface area contributed by atoms with Gasteiger partial charge in [-0.1, -0.05) is 54.8 Å². The SMILES string of the molecule is O=C(Nc1ccc(-c2cc3c(cc2Cl)OC(F)(F)O3)cn1)C1(c2ccccc2)CCCC1. The zero-order valence-corrected chi connectivity index (χ0v) is 17.7. The van der Waals surface area contributed by atoms with Gasteiger partial charge in [-0.05, 0) is 36.6 Å². The van der Waals surface area contributed by atoms with Crippen molar-refractivity contribution in [2.24, 2.45) is 0 Å². The third-order valence-electron chi connectivity index (χ3n) is 6.03. The lowest BCUT2D eigenvalue weighted by atomic mass is 9.78. The van der Waals surface area contributed by atoms with Gasteiger partial charge in [0.15, 0.2) is 11.5 Å². The number of fused-ring (bicyclic) bond motifs is 1. The maximum atomic E-state index is 13.3. The molecule has 1 fully saturated rings. The molecule has 5 rings (SSSR count). The highest BCUT2D eigenvalue weighted by atomic mass is 35.5. The minimum absolute atomic E-state index is 0.0789. The number of benzene rings is 2. The molecule has 1 N–H and O–H groups in total. The average molecular weight is 457 g/mol. The lowest BCUT2D eigenvalue weighted by Gasteiger charge is -2.28. The number of rotatable bonds is 4. The Bertz CT molecular complexity index is 1160. The van der Waals surface area contributed by atoms with Gasteiger partial charge in [0.2, 0.25) is 5.91 Å². The zero-order valence-electron chi connectivity index (χ0n) is 16.9. The number of pyridine rings is 1. The van der Waals surface area contributed by atoms with Gasteiger partial charge in [-0.25, -0.2) is 4.98 Å². The van der Waals surface area contributed by atoms with Crippen LogP contribution in [0.15, 0.2) is 60.8 Å². The van der Waals surface area contributed by atoms with E-state index in [2.05, 4.69) is 19.8 Å². The smallest absolute Gasteiger partial charge is 0.395 e. The Kier molecular flexibility index (Phi) is 5.01. The summed E-state index contributed by atoms with van der Waals surface area (Å²) in [5.74, 6) is 0.107. The molecule has 5 nitrogen and oxygen atoms in total. The van der Waals surface area contributed by atoms with Crippen LogP contribution in [0.4, 0.5) is 14.6 Å². The lowest BCUT2D eigenvalue weighted by molar-refractivity contribution is -0.286. The van der Waals surface area contributed by atoms with Crippen LogP contribution in [0.3, 0.4) is 0 Å². The molecule has 2 aliphatic rings. The standard InChI is InChI=1S/C24H19ClF2N2O3/c25-18-13-20-19(31-24(26,27)32-20)12-17(18)15-8-9-21(28-14-15)29-22(30)23(10-4-5-11-23)16-6-2-1-3-7-16/h1-3,6-9,12-14H,4-5,10-11H2,(H,28,29,30). The summed E-state index contributed by atoms with van der Waals surface area (Å²) in [6.45, 7) is 0. The summed E-state index contributed by atoms with van der Waals surface area (Å²) in [5, 5.41) is 3.16. The molecule has 1 aromatic heterocycles. The van der Waals surface area contributed by atoms with E-state index in [1.807, 2.05) is 30.3 Å². The molecule has 0 unspecified atom stereocenters. The van der Waals surface area contributed by atoms with Gasteiger partial charge in [0, 0.05) is 23.4 Å². The number of alkyl halides is 2. The molecule has 0 atom stereocenters. The molecule has 0 bridgehead atoms. The van der Waals surface area contributed by atoms with Gasteiger partial charge >= 0.3 is 6.29 Å². The Labute approximate surface area is 188 Å². The number of aromatic nitrogens is 1. The van der Waals surface area contributed by atoms with E-state index in [1.165, 1.54) is 18.3 Å². The first-order chi connectivity index (χ1) is 15.4. The Hall–Kier alpha value is -3.19. The Morgan fingerprint density at radius 3 is 2.34 bits per heavy atom. The van der Waals surface area contributed by atoms with Gasteiger partial charge in [0.25, 0.3) is 0 Å². The fourth-order valence-corrected chi connectivity index (χ4v) is 4.70. The molecule has 2 aromatic carbocycles. The number of anilines is 1. The molecule has 1 aliphatic heterocycles. The summed E-state index contributed by atoms with van der Waals surface area (Å²) in [7, 11) is 0. The van der Waals surface area contributed by atoms with Gasteiger partial charge < -0.3 is 14.8 Å². The van der Waals surface area contributed by atoms with E-state index >= 15 is 0 Å². The number of amides is 1. The van der Waals surface area contributed by atoms with Crippen molar-refractivity contribution in [3.63, 3.8) is 0 Å². The molecular weight excluding hydrogens is 438 g/mol. The molecule has 164 valence electrons. The molecule has 1 aliphatic carbocycles. The summed E-state index contributed by atoms with van der Waals surface area (Å²) in [5.41, 5.74) is 1.51. The first-order valence-corrected chi connectivity index (χ1v) is 10.7. The van der Waals surface area contributed by atoms with Gasteiger partial charge in [-0.2, -0.15) is 0 Å². The number of carbonyl (C=O) groups excluding carboxylic acids is 1. The van der Waals surface area contributed by atoms with Crippen LogP contribution in [0, 0.1) is 0 Å². The predicted molar refractivity (Wildman–Crippen MR) is 116 cm³/mol. The summed E-state index contributed by atoms with van der Waals surface area (Å²) >= 11 is 6.25. The largest absolute Gasteiger partial charge is 0.586 e. The van der Waals surface area contributed by atoms with Crippen LogP contribution in [0.2, 0.25) is 5.02 Å². The maximum Gasteiger partial charge on any atom is 0.586 e. The van der Waals surface area contributed by atoms with E-state index in [-0.39, 0.29) is 22.4 Å². The van der Waals surface area contributed by atoms with E-state index in [0.29, 0.717) is 16.9 Å². The fraction of sp³-hybridized carbons (Fsp3) is 0.250. The van der Waals surface area contributed by atoms with Gasteiger partial charge in [-0.3, -0.25) is 4.79 Å². The highest BCUT2D eigenvalue weighted by Crippen LogP contribution is 2.46. The molecule has 1 amide bonds. The molecular formula is C24H19ClF2N2O3. The average Bonchev–Trinajstić information content (AvgIpc) is 3.38. The molecule has 2 heterocycles. The van der Waals surface area contributed by atoms with Crippen molar-refractivity contribution < 1.29 is 23.0 Å². The van der Waals surface area contributed by atoms with Gasteiger partial charge in [-0.15, -0.1) is 8.78 Å². The molecule has 0 spiro atoms. The Balaban J connectivity index is 1.38. The second-order valence-electron chi connectivity index (χ2n) is 7.99. The summed E-state index contributed by atoms with van der Waals surface area (Å²) in [6.07, 6.45) is 1.38. The first-order valence-electron chi connectivity index (χ1n) is 10.3. The molecule has 32 heavy (non-hydrogen) atoms. The topological polar surface area (TPSA) is 60.5 Å². The molecule has 3 aromatic rings. The lowest BCUT2D eigenvalue weighted by Crippen LogP contribution is -2.38. The van der Waals surface area contributed by atoms with E-state index in [1.54, 1.807) is 12.1 Å². The number of hydrogen-bond donors (Lipinski definition) is 1. The molecule has 1 saturated carbocycles. The van der Waals surface area contributed by atoms with Gasteiger partial charge in [0.05, 0.1) is 10.4 Å². The third-order valence-corrected chi connectivity index (χ3v) is 6.34. The van der Waals surface area contributed by atoms with Crippen LogP contribution in [-0.4, -0.2) is 17.2 Å². The fourth-order valence-electron chi connectivity index (χ4n) is 4.44. The number of carbonyl (C=O) groups is 1. The quantitative estimate of drug-likeness (QED) is 0.509. The normalized spacial score (nSPS) is 17.8. The minimum Gasteiger partial charge on any atom is -0.395 e. The Morgan fingerprint density at radius 1 is 1.00 bits per heavy atom. The van der Waals surface area contributed by atoms with Crippen molar-refractivity contribution in [3.05, 3.63) is 71.4 Å². The van der Waals surface area contributed by atoms with E-state index in [9.17, 15) is 13.6 Å². The predicted octanol–water partition coefficient (Wildman–Crippen LogP) is 6.17. The summed E-state index contributed by atoms with van der Waals surface area (Å²) in [6, 6.07) is 15.9. The van der Waals surface area contributed by atoms with Crippen molar-refractivity contribution in [1.82, 2.24) is 4.98 Å². The zero-order chi connectivity index (χ0) is 22.3. The van der Waals surface area contributed by atoms with Crippen LogP contribution in [0.5, 0.6) is 11.5 Å². The number of nitrogens with one attached hydrogen (secondary N) is 1. The van der Waals surface area contributed by atoms with Crippen LogP contribution in [0.25, 0.3) is 11.1 Å². The maximum absolute atomic E-state index is 13.3. The van der Waals surface area contributed by atoms with Crippen LogP contribution in [0.1, 0.15) is 31.2 Å². The second kappa shape index (κ2) is 7.74. The van der Waals surface area contributed by atoms with Crippen molar-refractivity contribution in [2.75, 3.05) is 5.32 Å².